The Morgan fingerprint density at radius 1 is 1.32 bits per heavy atom. The Balaban J connectivity index is 1.96. The van der Waals surface area contributed by atoms with Gasteiger partial charge in [-0.25, -0.2) is 0 Å². The lowest BCUT2D eigenvalue weighted by Crippen LogP contribution is -2.13. The van der Waals surface area contributed by atoms with E-state index in [1.165, 1.54) is 0 Å². The molecule has 0 aliphatic carbocycles. The van der Waals surface area contributed by atoms with Crippen molar-refractivity contribution in [1.82, 2.24) is 10.2 Å². The molecule has 0 aliphatic heterocycles. The molecule has 0 saturated carbocycles. The average Bonchev–Trinajstić information content (AvgIpc) is 2.86. The number of nitrogens with two attached hydrogens (primary N) is 2. The first-order chi connectivity index (χ1) is 9.15. The molecule has 0 aliphatic rings. The predicted molar refractivity (Wildman–Crippen MR) is 71.3 cm³/mol. The number of primary amides is 1. The van der Waals surface area contributed by atoms with Gasteiger partial charge in [0.1, 0.15) is 0 Å². The van der Waals surface area contributed by atoms with E-state index >= 15 is 0 Å². The Bertz CT molecular complexity index is 544. The van der Waals surface area contributed by atoms with Gasteiger partial charge in [-0.05, 0) is 12.0 Å². The lowest BCUT2D eigenvalue weighted by atomic mass is 10.1. The number of nitrogens with zero attached hydrogens (tertiary/aromatic N) is 2. The Morgan fingerprint density at radius 3 is 2.74 bits per heavy atom. The van der Waals surface area contributed by atoms with Crippen LogP contribution < -0.4 is 11.5 Å². The second-order valence-corrected chi connectivity index (χ2v) is 4.88. The molecule has 1 aromatic carbocycles. The molecule has 100 valence electrons. The number of carbonyl (C=O) groups is 1. The number of hydrogen-bond donors (Lipinski definition) is 2. The number of hydrogen-bond acceptors (Lipinski definition) is 6. The Hall–Kier alpha value is -1.86. The molecule has 19 heavy (non-hydrogen) atoms. The number of benzene rings is 1. The second kappa shape index (κ2) is 6.35. The van der Waals surface area contributed by atoms with Crippen LogP contribution in [0.4, 0.5) is 0 Å². The summed E-state index contributed by atoms with van der Waals surface area (Å²) in [6.07, 6.45) is 0.614. The molecule has 1 amide bonds. The molecule has 1 heterocycles. The fourth-order valence-electron chi connectivity index (χ4n) is 1.52. The highest BCUT2D eigenvalue weighted by atomic mass is 32.2. The smallest absolute Gasteiger partial charge is 0.277 e. The fraction of sp³-hybridized carbons (Fsp3) is 0.250. The maximum atomic E-state index is 10.6. The minimum Gasteiger partial charge on any atom is -0.414 e. The molecule has 6 nitrogen and oxygen atoms in total. The summed E-state index contributed by atoms with van der Waals surface area (Å²) in [6, 6.07) is 9.45. The van der Waals surface area contributed by atoms with Crippen LogP contribution in [0.25, 0.3) is 0 Å². The van der Waals surface area contributed by atoms with Crippen LogP contribution in [0.5, 0.6) is 0 Å². The van der Waals surface area contributed by atoms with Crippen LogP contribution >= 0.6 is 11.8 Å². The first-order valence-corrected chi connectivity index (χ1v) is 6.67. The predicted octanol–water partition coefficient (Wildman–Crippen LogP) is 0.889. The van der Waals surface area contributed by atoms with Crippen LogP contribution in [0.3, 0.4) is 0 Å². The summed E-state index contributed by atoms with van der Waals surface area (Å²) in [5.74, 6) is 0.0318. The van der Waals surface area contributed by atoms with Crippen molar-refractivity contribution in [3.8, 4) is 0 Å². The van der Waals surface area contributed by atoms with Crippen molar-refractivity contribution in [3.05, 3.63) is 41.8 Å². The highest BCUT2D eigenvalue weighted by Gasteiger charge is 2.15. The SMILES string of the molecule is NC(=O)CSc1nnc(C(N)Cc2ccccc2)o1. The van der Waals surface area contributed by atoms with Gasteiger partial charge in [-0.15, -0.1) is 10.2 Å². The van der Waals surface area contributed by atoms with E-state index in [1.807, 2.05) is 30.3 Å². The van der Waals surface area contributed by atoms with Gasteiger partial charge in [0.05, 0.1) is 11.8 Å². The molecule has 2 aromatic rings. The molecule has 0 spiro atoms. The highest BCUT2D eigenvalue weighted by molar-refractivity contribution is 7.99. The zero-order chi connectivity index (χ0) is 13.7. The maximum Gasteiger partial charge on any atom is 0.277 e. The van der Waals surface area contributed by atoms with Crippen LogP contribution in [0, 0.1) is 0 Å². The first kappa shape index (κ1) is 13.6. The van der Waals surface area contributed by atoms with Crippen LogP contribution in [0.2, 0.25) is 0 Å². The van der Waals surface area contributed by atoms with E-state index in [0.29, 0.717) is 17.5 Å². The molecule has 1 unspecified atom stereocenters. The Morgan fingerprint density at radius 2 is 2.05 bits per heavy atom. The lowest BCUT2D eigenvalue weighted by Gasteiger charge is -2.06. The minimum absolute atomic E-state index is 0.107. The van der Waals surface area contributed by atoms with Crippen LogP contribution in [-0.4, -0.2) is 21.9 Å². The molecule has 1 atom stereocenters. The lowest BCUT2D eigenvalue weighted by molar-refractivity contribution is -0.115. The molecular formula is C12H14N4O2S. The third-order valence-electron chi connectivity index (χ3n) is 2.38. The van der Waals surface area contributed by atoms with E-state index in [2.05, 4.69) is 10.2 Å². The van der Waals surface area contributed by atoms with Crippen LogP contribution in [0.15, 0.2) is 40.0 Å². The summed E-state index contributed by atoms with van der Waals surface area (Å²) in [4.78, 5) is 10.6. The molecule has 2 rings (SSSR count). The monoisotopic (exact) mass is 278 g/mol. The van der Waals surface area contributed by atoms with Crippen molar-refractivity contribution < 1.29 is 9.21 Å². The summed E-state index contributed by atoms with van der Waals surface area (Å²) in [6.45, 7) is 0. The maximum absolute atomic E-state index is 10.6. The normalized spacial score (nSPS) is 12.3. The summed E-state index contributed by atoms with van der Waals surface area (Å²) in [5, 5.41) is 7.99. The summed E-state index contributed by atoms with van der Waals surface area (Å²) >= 11 is 1.10. The van der Waals surface area contributed by atoms with E-state index in [4.69, 9.17) is 15.9 Å². The molecule has 1 aromatic heterocycles. The van der Waals surface area contributed by atoms with E-state index in [-0.39, 0.29) is 11.8 Å². The molecule has 0 bridgehead atoms. The quantitative estimate of drug-likeness (QED) is 0.760. The number of aromatic nitrogens is 2. The van der Waals surface area contributed by atoms with Crippen molar-refractivity contribution >= 4 is 17.7 Å². The number of rotatable bonds is 6. The molecule has 0 radical (unpaired) electrons. The van der Waals surface area contributed by atoms with Gasteiger partial charge in [0.25, 0.3) is 5.22 Å². The number of amides is 1. The van der Waals surface area contributed by atoms with E-state index in [0.717, 1.165) is 17.3 Å². The van der Waals surface area contributed by atoms with Gasteiger partial charge in [0, 0.05) is 0 Å². The van der Waals surface area contributed by atoms with Crippen molar-refractivity contribution in [2.24, 2.45) is 11.5 Å². The van der Waals surface area contributed by atoms with Gasteiger partial charge in [0.2, 0.25) is 11.8 Å². The zero-order valence-electron chi connectivity index (χ0n) is 10.2. The summed E-state index contributed by atoms with van der Waals surface area (Å²) in [7, 11) is 0. The number of thioether (sulfide) groups is 1. The first-order valence-electron chi connectivity index (χ1n) is 5.69. The molecule has 0 saturated heterocycles. The summed E-state index contributed by atoms with van der Waals surface area (Å²) in [5.41, 5.74) is 12.1. The van der Waals surface area contributed by atoms with Crippen molar-refractivity contribution in [3.63, 3.8) is 0 Å². The zero-order valence-corrected chi connectivity index (χ0v) is 11.0. The third kappa shape index (κ3) is 4.08. The standard InChI is InChI=1S/C12H14N4O2S/c13-9(6-8-4-2-1-3-5-8)11-15-16-12(18-11)19-7-10(14)17/h1-5,9H,6-7,13H2,(H2,14,17). The average molecular weight is 278 g/mol. The van der Waals surface area contributed by atoms with Gasteiger partial charge in [-0.2, -0.15) is 0 Å². The highest BCUT2D eigenvalue weighted by Crippen LogP contribution is 2.20. The van der Waals surface area contributed by atoms with Crippen molar-refractivity contribution in [2.75, 3.05) is 5.75 Å². The summed E-state index contributed by atoms with van der Waals surface area (Å²) < 4.78 is 5.38. The van der Waals surface area contributed by atoms with Crippen LogP contribution in [0.1, 0.15) is 17.5 Å². The third-order valence-corrected chi connectivity index (χ3v) is 3.22. The Labute approximate surface area is 114 Å². The molecule has 0 fully saturated rings. The van der Waals surface area contributed by atoms with Gasteiger partial charge >= 0.3 is 0 Å². The largest absolute Gasteiger partial charge is 0.414 e. The van der Waals surface area contributed by atoms with Gasteiger partial charge in [-0.1, -0.05) is 42.1 Å². The fourth-order valence-corrected chi connectivity index (χ4v) is 2.03. The van der Waals surface area contributed by atoms with Gasteiger partial charge < -0.3 is 15.9 Å². The molecule has 4 N–H and O–H groups in total. The Kier molecular flexibility index (Phi) is 4.53. The van der Waals surface area contributed by atoms with E-state index < -0.39 is 5.91 Å². The molecule has 7 heteroatoms. The van der Waals surface area contributed by atoms with Crippen molar-refractivity contribution in [1.29, 1.82) is 0 Å². The van der Waals surface area contributed by atoms with Gasteiger partial charge in [0.15, 0.2) is 0 Å². The minimum atomic E-state index is -0.432. The second-order valence-electron chi connectivity index (χ2n) is 3.96. The molecular weight excluding hydrogens is 264 g/mol. The van der Waals surface area contributed by atoms with Crippen molar-refractivity contribution in [2.45, 2.75) is 17.7 Å². The van der Waals surface area contributed by atoms with Crippen LogP contribution in [-0.2, 0) is 11.2 Å². The van der Waals surface area contributed by atoms with E-state index in [1.54, 1.807) is 0 Å². The van der Waals surface area contributed by atoms with E-state index in [9.17, 15) is 4.79 Å². The number of carbonyl (C=O) groups excluding carboxylic acids is 1. The topological polar surface area (TPSA) is 108 Å². The van der Waals surface area contributed by atoms with Gasteiger partial charge in [-0.3, -0.25) is 4.79 Å².